The number of hydrogen-bond acceptors (Lipinski definition) is 2. The molecule has 1 saturated carbocycles. The van der Waals surface area contributed by atoms with Gasteiger partial charge in [0.2, 0.25) is 11.8 Å². The van der Waals surface area contributed by atoms with E-state index in [1.54, 1.807) is 0 Å². The molecule has 1 heterocycles. The summed E-state index contributed by atoms with van der Waals surface area (Å²) < 4.78 is 12.9. The molecule has 0 bridgehead atoms. The predicted molar refractivity (Wildman–Crippen MR) is 81.7 cm³/mol. The summed E-state index contributed by atoms with van der Waals surface area (Å²) in [6.45, 7) is 0.510. The van der Waals surface area contributed by atoms with E-state index in [1.165, 1.54) is 43.5 Å². The largest absolute Gasteiger partial charge is 0.339 e. The number of carbonyl (C=O) groups is 2. The van der Waals surface area contributed by atoms with Crippen LogP contribution in [0.25, 0.3) is 0 Å². The topological polar surface area (TPSA) is 49.4 Å². The van der Waals surface area contributed by atoms with Gasteiger partial charge in [0.1, 0.15) is 5.82 Å². The van der Waals surface area contributed by atoms with Crippen LogP contribution in [0.1, 0.15) is 38.5 Å². The Hall–Kier alpha value is -1.91. The first kappa shape index (κ1) is 15.0. The Morgan fingerprint density at radius 1 is 1.14 bits per heavy atom. The van der Waals surface area contributed by atoms with Crippen LogP contribution in [0.5, 0.6) is 0 Å². The molecule has 1 aliphatic carbocycles. The summed E-state index contributed by atoms with van der Waals surface area (Å²) >= 11 is 0. The van der Waals surface area contributed by atoms with Gasteiger partial charge in [-0.1, -0.05) is 19.3 Å². The van der Waals surface area contributed by atoms with E-state index in [0.717, 1.165) is 12.8 Å². The lowest BCUT2D eigenvalue weighted by atomic mass is 9.94. The molecule has 2 fully saturated rings. The molecular formula is C17H21FN2O2. The normalized spacial score (nSPS) is 22.9. The van der Waals surface area contributed by atoms with Crippen LogP contribution in [0.3, 0.4) is 0 Å². The van der Waals surface area contributed by atoms with Gasteiger partial charge >= 0.3 is 0 Å². The van der Waals surface area contributed by atoms with Crippen LogP contribution in [0.4, 0.5) is 10.1 Å². The van der Waals surface area contributed by atoms with E-state index in [1.807, 2.05) is 4.90 Å². The van der Waals surface area contributed by atoms with E-state index >= 15 is 0 Å². The first-order valence-corrected chi connectivity index (χ1v) is 7.99. The fourth-order valence-electron chi connectivity index (χ4n) is 3.43. The van der Waals surface area contributed by atoms with Crippen molar-refractivity contribution < 1.29 is 14.0 Å². The Morgan fingerprint density at radius 2 is 1.82 bits per heavy atom. The SMILES string of the molecule is O=C(Nc1ccc(F)cc1)C1CC(=O)N(C2CCCCC2)C1. The minimum atomic E-state index is -0.336. The summed E-state index contributed by atoms with van der Waals surface area (Å²) in [5.41, 5.74) is 0.565. The number of benzene rings is 1. The van der Waals surface area contributed by atoms with Crippen molar-refractivity contribution in [2.24, 2.45) is 5.92 Å². The van der Waals surface area contributed by atoms with Crippen molar-refractivity contribution in [3.8, 4) is 0 Å². The molecule has 1 unspecified atom stereocenters. The third-order valence-corrected chi connectivity index (χ3v) is 4.66. The van der Waals surface area contributed by atoms with Crippen LogP contribution in [0, 0.1) is 11.7 Å². The number of nitrogens with one attached hydrogen (secondary N) is 1. The van der Waals surface area contributed by atoms with Crippen LogP contribution in [-0.2, 0) is 9.59 Å². The standard InChI is InChI=1S/C17H21FN2O2/c18-13-6-8-14(9-7-13)19-17(22)12-10-16(21)20(11-12)15-4-2-1-3-5-15/h6-9,12,15H,1-5,10-11H2,(H,19,22). The molecule has 1 N–H and O–H groups in total. The van der Waals surface area contributed by atoms with E-state index in [9.17, 15) is 14.0 Å². The number of halogens is 1. The molecule has 1 atom stereocenters. The summed E-state index contributed by atoms with van der Waals surface area (Å²) in [7, 11) is 0. The zero-order valence-electron chi connectivity index (χ0n) is 12.6. The van der Waals surface area contributed by atoms with Gasteiger partial charge in [0.05, 0.1) is 5.92 Å². The lowest BCUT2D eigenvalue weighted by Gasteiger charge is -2.31. The fraction of sp³-hybridized carbons (Fsp3) is 0.529. The van der Waals surface area contributed by atoms with Crippen molar-refractivity contribution in [3.05, 3.63) is 30.1 Å². The summed E-state index contributed by atoms with van der Waals surface area (Å²) in [5.74, 6) is -0.707. The van der Waals surface area contributed by atoms with Crippen LogP contribution in [0.2, 0.25) is 0 Å². The Morgan fingerprint density at radius 3 is 2.50 bits per heavy atom. The maximum absolute atomic E-state index is 12.9. The van der Waals surface area contributed by atoms with E-state index in [4.69, 9.17) is 0 Å². The minimum Gasteiger partial charge on any atom is -0.339 e. The van der Waals surface area contributed by atoms with E-state index in [0.29, 0.717) is 18.3 Å². The predicted octanol–water partition coefficient (Wildman–Crippen LogP) is 2.95. The van der Waals surface area contributed by atoms with Crippen molar-refractivity contribution in [1.29, 1.82) is 0 Å². The Labute approximate surface area is 129 Å². The Kier molecular flexibility index (Phi) is 4.41. The maximum Gasteiger partial charge on any atom is 0.229 e. The lowest BCUT2D eigenvalue weighted by molar-refractivity contribution is -0.130. The summed E-state index contributed by atoms with van der Waals surface area (Å²) in [6.07, 6.45) is 5.97. The molecule has 4 nitrogen and oxygen atoms in total. The van der Waals surface area contributed by atoms with Crippen molar-refractivity contribution in [2.75, 3.05) is 11.9 Å². The van der Waals surface area contributed by atoms with Crippen molar-refractivity contribution in [2.45, 2.75) is 44.6 Å². The maximum atomic E-state index is 12.9. The molecule has 118 valence electrons. The van der Waals surface area contributed by atoms with Crippen molar-refractivity contribution >= 4 is 17.5 Å². The van der Waals surface area contributed by atoms with Gasteiger partial charge in [-0.15, -0.1) is 0 Å². The number of amides is 2. The molecule has 0 spiro atoms. The third-order valence-electron chi connectivity index (χ3n) is 4.66. The molecule has 0 radical (unpaired) electrons. The van der Waals surface area contributed by atoms with Gasteiger partial charge in [-0.2, -0.15) is 0 Å². The highest BCUT2D eigenvalue weighted by Gasteiger charge is 2.38. The highest BCUT2D eigenvalue weighted by Crippen LogP contribution is 2.29. The molecule has 1 aliphatic heterocycles. The van der Waals surface area contributed by atoms with Crippen molar-refractivity contribution in [1.82, 2.24) is 4.90 Å². The second-order valence-corrected chi connectivity index (χ2v) is 6.24. The molecule has 22 heavy (non-hydrogen) atoms. The van der Waals surface area contributed by atoms with Crippen LogP contribution < -0.4 is 5.32 Å². The molecule has 5 heteroatoms. The van der Waals surface area contributed by atoms with Crippen LogP contribution in [-0.4, -0.2) is 29.3 Å². The summed E-state index contributed by atoms with van der Waals surface area (Å²) in [5, 5.41) is 2.77. The van der Waals surface area contributed by atoms with Crippen LogP contribution >= 0.6 is 0 Å². The monoisotopic (exact) mass is 304 g/mol. The first-order chi connectivity index (χ1) is 10.6. The smallest absolute Gasteiger partial charge is 0.229 e. The molecule has 1 aromatic rings. The Bertz CT molecular complexity index is 552. The molecule has 2 amide bonds. The summed E-state index contributed by atoms with van der Waals surface area (Å²) in [4.78, 5) is 26.4. The molecule has 1 saturated heterocycles. The number of rotatable bonds is 3. The minimum absolute atomic E-state index is 0.0890. The van der Waals surface area contributed by atoms with E-state index < -0.39 is 0 Å². The number of carbonyl (C=O) groups excluding carboxylic acids is 2. The quantitative estimate of drug-likeness (QED) is 0.933. The second kappa shape index (κ2) is 6.46. The average molecular weight is 304 g/mol. The number of likely N-dealkylation sites (tertiary alicyclic amines) is 1. The number of hydrogen-bond donors (Lipinski definition) is 1. The van der Waals surface area contributed by atoms with Gasteiger partial charge < -0.3 is 10.2 Å². The van der Waals surface area contributed by atoms with Crippen molar-refractivity contribution in [3.63, 3.8) is 0 Å². The highest BCUT2D eigenvalue weighted by molar-refractivity contribution is 5.97. The van der Waals surface area contributed by atoms with Gasteiger partial charge in [-0.05, 0) is 37.1 Å². The zero-order valence-corrected chi connectivity index (χ0v) is 12.6. The Balaban J connectivity index is 1.59. The number of nitrogens with zero attached hydrogens (tertiary/aromatic N) is 1. The van der Waals surface area contributed by atoms with Crippen LogP contribution in [0.15, 0.2) is 24.3 Å². The molecule has 0 aromatic heterocycles. The van der Waals surface area contributed by atoms with Gasteiger partial charge in [0.25, 0.3) is 0 Å². The molecule has 1 aromatic carbocycles. The van der Waals surface area contributed by atoms with Gasteiger partial charge in [0, 0.05) is 24.7 Å². The molecule has 3 rings (SSSR count). The summed E-state index contributed by atoms with van der Waals surface area (Å²) in [6, 6.07) is 5.99. The van der Waals surface area contributed by atoms with E-state index in [-0.39, 0.29) is 30.0 Å². The van der Waals surface area contributed by atoms with E-state index in [2.05, 4.69) is 5.32 Å². The third kappa shape index (κ3) is 3.29. The fourth-order valence-corrected chi connectivity index (χ4v) is 3.43. The second-order valence-electron chi connectivity index (χ2n) is 6.24. The highest BCUT2D eigenvalue weighted by atomic mass is 19.1. The van der Waals surface area contributed by atoms with Gasteiger partial charge in [-0.3, -0.25) is 9.59 Å². The molecular weight excluding hydrogens is 283 g/mol. The zero-order chi connectivity index (χ0) is 15.5. The number of anilines is 1. The lowest BCUT2D eigenvalue weighted by Crippen LogP contribution is -2.38. The van der Waals surface area contributed by atoms with Gasteiger partial charge in [0.15, 0.2) is 0 Å². The van der Waals surface area contributed by atoms with Gasteiger partial charge in [-0.25, -0.2) is 4.39 Å². The average Bonchev–Trinajstić information content (AvgIpc) is 2.92. The first-order valence-electron chi connectivity index (χ1n) is 7.99. The molecule has 2 aliphatic rings.